The number of amides is 1. The number of carbonyl (C=O) groups excluding carboxylic acids is 1. The predicted octanol–water partition coefficient (Wildman–Crippen LogP) is 5.49. The predicted molar refractivity (Wildman–Crippen MR) is 127 cm³/mol. The van der Waals surface area contributed by atoms with E-state index in [2.05, 4.69) is 37.7 Å². The van der Waals surface area contributed by atoms with Crippen LogP contribution in [-0.4, -0.2) is 20.9 Å². The molecule has 0 fully saturated rings. The van der Waals surface area contributed by atoms with Crippen LogP contribution in [0, 0.1) is 0 Å². The number of nitrogens with one attached hydrogen (secondary N) is 3. The first-order valence-corrected chi connectivity index (χ1v) is 10.3. The number of pyridine rings is 1. The van der Waals surface area contributed by atoms with Gasteiger partial charge in [0.2, 0.25) is 0 Å². The van der Waals surface area contributed by atoms with Gasteiger partial charge in [0.25, 0.3) is 5.91 Å². The van der Waals surface area contributed by atoms with Crippen molar-refractivity contribution in [3.05, 3.63) is 108 Å². The maximum atomic E-state index is 12.3. The van der Waals surface area contributed by atoms with E-state index in [-0.39, 0.29) is 5.91 Å². The quantitative estimate of drug-likeness (QED) is 0.340. The lowest BCUT2D eigenvalue weighted by Gasteiger charge is -2.06. The monoisotopic (exact) mass is 419 g/mol. The Morgan fingerprint density at radius 1 is 0.844 bits per heavy atom. The minimum Gasteiger partial charge on any atom is -0.380 e. The molecule has 6 heteroatoms. The lowest BCUT2D eigenvalue weighted by Crippen LogP contribution is -2.11. The van der Waals surface area contributed by atoms with E-state index < -0.39 is 0 Å². The van der Waals surface area contributed by atoms with Crippen LogP contribution in [0.1, 0.15) is 15.9 Å². The number of aromatic amines is 1. The van der Waals surface area contributed by atoms with Crippen molar-refractivity contribution in [2.45, 2.75) is 6.54 Å². The Morgan fingerprint density at radius 3 is 2.31 bits per heavy atom. The minimum absolute atomic E-state index is 0.137. The number of fused-ring (bicyclic) bond motifs is 1. The Morgan fingerprint density at radius 2 is 1.56 bits per heavy atom. The molecule has 0 bridgehead atoms. The highest BCUT2D eigenvalue weighted by atomic mass is 16.1. The Bertz CT molecular complexity index is 1350. The molecular formula is C26H21N5O. The summed E-state index contributed by atoms with van der Waals surface area (Å²) in [5.74, 6) is 0.593. The third kappa shape index (κ3) is 4.34. The molecule has 0 atom stereocenters. The number of aromatic nitrogens is 3. The van der Waals surface area contributed by atoms with Crippen LogP contribution < -0.4 is 10.6 Å². The van der Waals surface area contributed by atoms with Gasteiger partial charge < -0.3 is 15.6 Å². The van der Waals surface area contributed by atoms with E-state index in [1.165, 1.54) is 5.56 Å². The minimum atomic E-state index is -0.137. The van der Waals surface area contributed by atoms with Gasteiger partial charge in [0.1, 0.15) is 5.82 Å². The molecule has 32 heavy (non-hydrogen) atoms. The van der Waals surface area contributed by atoms with Crippen molar-refractivity contribution in [3.8, 4) is 11.4 Å². The molecule has 0 aliphatic carbocycles. The van der Waals surface area contributed by atoms with Crippen molar-refractivity contribution in [3.63, 3.8) is 0 Å². The van der Waals surface area contributed by atoms with E-state index in [0.29, 0.717) is 11.2 Å². The number of hydrogen-bond acceptors (Lipinski definition) is 4. The molecule has 0 spiro atoms. The fourth-order valence-corrected chi connectivity index (χ4v) is 3.44. The fourth-order valence-electron chi connectivity index (χ4n) is 3.44. The molecular weight excluding hydrogens is 398 g/mol. The zero-order valence-corrected chi connectivity index (χ0v) is 17.2. The van der Waals surface area contributed by atoms with E-state index in [0.717, 1.165) is 34.8 Å². The maximum absolute atomic E-state index is 12.3. The topological polar surface area (TPSA) is 82.7 Å². The number of hydrogen-bond donors (Lipinski definition) is 3. The van der Waals surface area contributed by atoms with Gasteiger partial charge >= 0.3 is 0 Å². The number of H-pyrrole nitrogens is 1. The molecule has 2 heterocycles. The van der Waals surface area contributed by atoms with Gasteiger partial charge in [0.05, 0.1) is 17.4 Å². The molecule has 0 saturated heterocycles. The number of benzene rings is 3. The van der Waals surface area contributed by atoms with Crippen LogP contribution in [-0.2, 0) is 6.54 Å². The lowest BCUT2D eigenvalue weighted by atomic mass is 10.1. The second-order valence-electron chi connectivity index (χ2n) is 7.42. The van der Waals surface area contributed by atoms with E-state index in [1.807, 2.05) is 66.7 Å². The van der Waals surface area contributed by atoms with Gasteiger partial charge in [-0.3, -0.25) is 4.79 Å². The third-order valence-corrected chi connectivity index (χ3v) is 5.13. The molecule has 156 valence electrons. The molecule has 5 rings (SSSR count). The number of anilines is 2. The molecule has 0 unspecified atom stereocenters. The lowest BCUT2D eigenvalue weighted by molar-refractivity contribution is 0.102. The first-order chi connectivity index (χ1) is 15.7. The smallest absolute Gasteiger partial charge is 0.255 e. The summed E-state index contributed by atoms with van der Waals surface area (Å²) < 4.78 is 0. The molecule has 3 aromatic carbocycles. The molecule has 6 nitrogen and oxygen atoms in total. The summed E-state index contributed by atoms with van der Waals surface area (Å²) in [6, 6.07) is 29.0. The molecule has 2 aromatic heterocycles. The highest BCUT2D eigenvalue weighted by Gasteiger charge is 2.09. The third-order valence-electron chi connectivity index (χ3n) is 5.13. The van der Waals surface area contributed by atoms with Crippen molar-refractivity contribution < 1.29 is 4.79 Å². The summed E-state index contributed by atoms with van der Waals surface area (Å²) in [7, 11) is 0. The Balaban J connectivity index is 1.29. The summed E-state index contributed by atoms with van der Waals surface area (Å²) in [4.78, 5) is 24.7. The second-order valence-corrected chi connectivity index (χ2v) is 7.42. The summed E-state index contributed by atoms with van der Waals surface area (Å²) in [5.41, 5.74) is 5.92. The Labute approximate surface area is 185 Å². The van der Waals surface area contributed by atoms with E-state index in [4.69, 9.17) is 0 Å². The molecule has 5 aromatic rings. The van der Waals surface area contributed by atoms with E-state index >= 15 is 0 Å². The largest absolute Gasteiger partial charge is 0.380 e. The highest BCUT2D eigenvalue weighted by Crippen LogP contribution is 2.23. The van der Waals surface area contributed by atoms with E-state index in [9.17, 15) is 4.79 Å². The van der Waals surface area contributed by atoms with Crippen molar-refractivity contribution >= 4 is 28.4 Å². The van der Waals surface area contributed by atoms with Crippen molar-refractivity contribution in [2.24, 2.45) is 0 Å². The van der Waals surface area contributed by atoms with Crippen LogP contribution in [0.25, 0.3) is 22.6 Å². The SMILES string of the molecule is O=C(Nc1ccc(-c2nc3ncc(NCc4ccccc4)cc3[nH]2)cc1)c1ccccc1. The van der Waals surface area contributed by atoms with Gasteiger partial charge in [-0.05, 0) is 48.0 Å². The zero-order valence-electron chi connectivity index (χ0n) is 17.2. The van der Waals surface area contributed by atoms with Gasteiger partial charge in [0.15, 0.2) is 5.65 Å². The Hall–Kier alpha value is -4.45. The van der Waals surface area contributed by atoms with E-state index in [1.54, 1.807) is 18.3 Å². The summed E-state index contributed by atoms with van der Waals surface area (Å²) in [5, 5.41) is 6.30. The standard InChI is InChI=1S/C26H21N5O/c32-26(20-9-5-2-6-10-20)29-21-13-11-19(12-14-21)24-30-23-15-22(17-28-25(23)31-24)27-16-18-7-3-1-4-8-18/h1-15,17,27H,16H2,(H,29,32)(H,28,30,31). The maximum Gasteiger partial charge on any atom is 0.255 e. The summed E-state index contributed by atoms with van der Waals surface area (Å²) in [6.07, 6.45) is 1.79. The second kappa shape index (κ2) is 8.73. The van der Waals surface area contributed by atoms with Crippen LogP contribution in [0.15, 0.2) is 97.2 Å². The first kappa shape index (κ1) is 19.5. The van der Waals surface area contributed by atoms with Crippen molar-refractivity contribution in [2.75, 3.05) is 10.6 Å². The molecule has 0 radical (unpaired) electrons. The van der Waals surface area contributed by atoms with Gasteiger partial charge in [-0.1, -0.05) is 48.5 Å². The fraction of sp³-hybridized carbons (Fsp3) is 0.0385. The van der Waals surface area contributed by atoms with Crippen LogP contribution in [0.4, 0.5) is 11.4 Å². The van der Waals surface area contributed by atoms with Gasteiger partial charge in [-0.2, -0.15) is 0 Å². The molecule has 1 amide bonds. The van der Waals surface area contributed by atoms with Gasteiger partial charge in [-0.25, -0.2) is 9.97 Å². The molecule has 0 aliphatic heterocycles. The van der Waals surface area contributed by atoms with Gasteiger partial charge in [0, 0.05) is 23.4 Å². The molecule has 3 N–H and O–H groups in total. The van der Waals surface area contributed by atoms with Crippen LogP contribution in [0.3, 0.4) is 0 Å². The average molecular weight is 419 g/mol. The zero-order chi connectivity index (χ0) is 21.8. The normalized spacial score (nSPS) is 10.8. The molecule has 0 saturated carbocycles. The summed E-state index contributed by atoms with van der Waals surface area (Å²) in [6.45, 7) is 0.727. The number of carbonyl (C=O) groups is 1. The highest BCUT2D eigenvalue weighted by molar-refractivity contribution is 6.04. The number of nitrogens with zero attached hydrogens (tertiary/aromatic N) is 2. The van der Waals surface area contributed by atoms with Crippen LogP contribution in [0.5, 0.6) is 0 Å². The number of rotatable bonds is 6. The number of imidazole rings is 1. The average Bonchev–Trinajstić information content (AvgIpc) is 3.28. The van der Waals surface area contributed by atoms with Crippen molar-refractivity contribution in [1.29, 1.82) is 0 Å². The Kier molecular flexibility index (Phi) is 5.32. The van der Waals surface area contributed by atoms with Crippen LogP contribution >= 0.6 is 0 Å². The van der Waals surface area contributed by atoms with Crippen LogP contribution in [0.2, 0.25) is 0 Å². The summed E-state index contributed by atoms with van der Waals surface area (Å²) >= 11 is 0. The van der Waals surface area contributed by atoms with Gasteiger partial charge in [-0.15, -0.1) is 0 Å². The first-order valence-electron chi connectivity index (χ1n) is 10.3. The van der Waals surface area contributed by atoms with Crippen molar-refractivity contribution in [1.82, 2.24) is 15.0 Å². The molecule has 0 aliphatic rings.